The largest absolute Gasteiger partial charge is 0.337 e. The lowest BCUT2D eigenvalue weighted by molar-refractivity contribution is 0.199. The van der Waals surface area contributed by atoms with Gasteiger partial charge in [-0.15, -0.1) is 0 Å². The Morgan fingerprint density at radius 3 is 2.29 bits per heavy atom. The van der Waals surface area contributed by atoms with E-state index in [2.05, 4.69) is 5.32 Å². The predicted octanol–water partition coefficient (Wildman–Crippen LogP) is 3.44. The minimum Gasteiger partial charge on any atom is -0.337 e. The molecule has 1 N–H and O–H groups in total. The molecule has 0 bridgehead atoms. The van der Waals surface area contributed by atoms with Crippen LogP contribution in [0.5, 0.6) is 0 Å². The summed E-state index contributed by atoms with van der Waals surface area (Å²) < 4.78 is 13.0. The Hall–Kier alpha value is -1.58. The van der Waals surface area contributed by atoms with Gasteiger partial charge in [-0.25, -0.2) is 9.18 Å². The standard InChI is InChI=1S/C17H23FN2O/c18-15-7-5-14(6-8-15)17(9-10-17)13-19-16(21)20-11-3-1-2-4-12-20/h5-8H,1-4,9-13H2,(H,19,21). The van der Waals surface area contributed by atoms with Gasteiger partial charge in [0.1, 0.15) is 5.82 Å². The Labute approximate surface area is 125 Å². The molecule has 1 aromatic carbocycles. The zero-order valence-corrected chi connectivity index (χ0v) is 12.4. The van der Waals surface area contributed by atoms with Gasteiger partial charge in [-0.05, 0) is 43.4 Å². The molecule has 1 heterocycles. The number of carbonyl (C=O) groups is 1. The van der Waals surface area contributed by atoms with Gasteiger partial charge in [-0.2, -0.15) is 0 Å². The maximum absolute atomic E-state index is 13.0. The molecule has 1 aliphatic carbocycles. The Kier molecular flexibility index (Phi) is 4.13. The number of urea groups is 1. The Morgan fingerprint density at radius 1 is 1.10 bits per heavy atom. The van der Waals surface area contributed by atoms with E-state index in [1.54, 1.807) is 0 Å². The smallest absolute Gasteiger partial charge is 0.317 e. The second-order valence-corrected chi connectivity index (χ2v) is 6.35. The van der Waals surface area contributed by atoms with E-state index in [4.69, 9.17) is 0 Å². The summed E-state index contributed by atoms with van der Waals surface area (Å²) in [5.74, 6) is -0.205. The summed E-state index contributed by atoms with van der Waals surface area (Å²) in [6.45, 7) is 2.40. The molecular formula is C17H23FN2O. The zero-order chi connectivity index (χ0) is 14.7. The van der Waals surface area contributed by atoms with Crippen LogP contribution in [0.4, 0.5) is 9.18 Å². The molecule has 3 nitrogen and oxygen atoms in total. The molecule has 4 heteroatoms. The van der Waals surface area contributed by atoms with Crippen LogP contribution in [0.25, 0.3) is 0 Å². The summed E-state index contributed by atoms with van der Waals surface area (Å²) in [5.41, 5.74) is 1.18. The Bertz CT molecular complexity index is 488. The quantitative estimate of drug-likeness (QED) is 0.908. The van der Waals surface area contributed by atoms with Crippen LogP contribution in [0.15, 0.2) is 24.3 Å². The van der Waals surface area contributed by atoms with Crippen LogP contribution in [0, 0.1) is 5.82 Å². The van der Waals surface area contributed by atoms with Crippen LogP contribution in [0.1, 0.15) is 44.1 Å². The van der Waals surface area contributed by atoms with E-state index >= 15 is 0 Å². The fourth-order valence-corrected chi connectivity index (χ4v) is 3.15. The van der Waals surface area contributed by atoms with Gasteiger partial charge in [-0.3, -0.25) is 0 Å². The molecule has 1 saturated heterocycles. The normalized spacial score (nSPS) is 20.7. The number of nitrogens with zero attached hydrogens (tertiary/aromatic N) is 1. The molecule has 1 aliphatic heterocycles. The number of likely N-dealkylation sites (tertiary alicyclic amines) is 1. The summed E-state index contributed by atoms with van der Waals surface area (Å²) >= 11 is 0. The van der Waals surface area contributed by atoms with Crippen molar-refractivity contribution in [2.75, 3.05) is 19.6 Å². The van der Waals surface area contributed by atoms with E-state index in [0.717, 1.165) is 44.3 Å². The molecule has 0 aromatic heterocycles. The van der Waals surface area contributed by atoms with Gasteiger partial charge in [0, 0.05) is 25.0 Å². The maximum Gasteiger partial charge on any atom is 0.317 e. The highest BCUT2D eigenvalue weighted by Gasteiger charge is 2.44. The van der Waals surface area contributed by atoms with Crippen molar-refractivity contribution in [2.45, 2.75) is 43.9 Å². The van der Waals surface area contributed by atoms with Gasteiger partial charge in [0.15, 0.2) is 0 Å². The molecule has 0 unspecified atom stereocenters. The van der Waals surface area contributed by atoms with Gasteiger partial charge >= 0.3 is 6.03 Å². The lowest BCUT2D eigenvalue weighted by Crippen LogP contribution is -2.43. The number of halogens is 1. The number of nitrogens with one attached hydrogen (secondary N) is 1. The van der Waals surface area contributed by atoms with Crippen LogP contribution in [-0.2, 0) is 5.41 Å². The summed E-state index contributed by atoms with van der Waals surface area (Å²) in [6.07, 6.45) is 6.80. The molecule has 21 heavy (non-hydrogen) atoms. The van der Waals surface area contributed by atoms with E-state index < -0.39 is 0 Å². The van der Waals surface area contributed by atoms with Crippen LogP contribution in [0.3, 0.4) is 0 Å². The summed E-state index contributed by atoms with van der Waals surface area (Å²) in [4.78, 5) is 14.2. The van der Waals surface area contributed by atoms with E-state index in [0.29, 0.717) is 6.54 Å². The third-order valence-corrected chi connectivity index (χ3v) is 4.78. The highest BCUT2D eigenvalue weighted by atomic mass is 19.1. The highest BCUT2D eigenvalue weighted by Crippen LogP contribution is 2.47. The third kappa shape index (κ3) is 3.36. The first-order chi connectivity index (χ1) is 10.2. The number of amides is 2. The van der Waals surface area contributed by atoms with E-state index in [9.17, 15) is 9.18 Å². The van der Waals surface area contributed by atoms with Crippen molar-refractivity contribution >= 4 is 6.03 Å². The van der Waals surface area contributed by atoms with Gasteiger partial charge in [0.2, 0.25) is 0 Å². The topological polar surface area (TPSA) is 32.3 Å². The van der Waals surface area contributed by atoms with Crippen LogP contribution in [0.2, 0.25) is 0 Å². The van der Waals surface area contributed by atoms with Gasteiger partial charge < -0.3 is 10.2 Å². The van der Waals surface area contributed by atoms with Crippen molar-refractivity contribution in [3.63, 3.8) is 0 Å². The monoisotopic (exact) mass is 290 g/mol. The first-order valence-electron chi connectivity index (χ1n) is 7.98. The first kappa shape index (κ1) is 14.4. The average Bonchev–Trinajstić information content (AvgIpc) is 3.30. The van der Waals surface area contributed by atoms with E-state index in [1.165, 1.54) is 25.0 Å². The molecule has 0 atom stereocenters. The van der Waals surface area contributed by atoms with Gasteiger partial charge in [0.25, 0.3) is 0 Å². The first-order valence-corrected chi connectivity index (χ1v) is 7.98. The summed E-state index contributed by atoms with van der Waals surface area (Å²) in [5, 5.41) is 3.09. The molecule has 0 radical (unpaired) electrons. The summed E-state index contributed by atoms with van der Waals surface area (Å²) in [7, 11) is 0. The van der Waals surface area contributed by atoms with Gasteiger partial charge in [-0.1, -0.05) is 25.0 Å². The molecule has 2 fully saturated rings. The fraction of sp³-hybridized carbons (Fsp3) is 0.588. The molecule has 2 aliphatic rings. The molecule has 114 valence electrons. The van der Waals surface area contributed by atoms with Gasteiger partial charge in [0.05, 0.1) is 0 Å². The summed E-state index contributed by atoms with van der Waals surface area (Å²) in [6, 6.07) is 6.77. The molecular weight excluding hydrogens is 267 g/mol. The van der Waals surface area contributed by atoms with Crippen molar-refractivity contribution < 1.29 is 9.18 Å². The van der Waals surface area contributed by atoms with E-state index in [-0.39, 0.29) is 17.3 Å². The van der Waals surface area contributed by atoms with Crippen molar-refractivity contribution in [3.05, 3.63) is 35.6 Å². The van der Waals surface area contributed by atoms with E-state index in [1.807, 2.05) is 17.0 Å². The number of rotatable bonds is 3. The van der Waals surface area contributed by atoms with Crippen molar-refractivity contribution in [3.8, 4) is 0 Å². The minimum atomic E-state index is -0.205. The molecule has 1 saturated carbocycles. The average molecular weight is 290 g/mol. The lowest BCUT2D eigenvalue weighted by atomic mass is 9.96. The predicted molar refractivity (Wildman–Crippen MR) is 80.8 cm³/mol. The highest BCUT2D eigenvalue weighted by molar-refractivity contribution is 5.74. The molecule has 3 rings (SSSR count). The molecule has 1 aromatic rings. The number of benzene rings is 1. The minimum absolute atomic E-state index is 0.0369. The molecule has 2 amide bonds. The second kappa shape index (κ2) is 6.04. The SMILES string of the molecule is O=C(NCC1(c2ccc(F)cc2)CC1)N1CCCCCC1. The number of carbonyl (C=O) groups excluding carboxylic acids is 1. The second-order valence-electron chi connectivity index (χ2n) is 6.35. The van der Waals surface area contributed by atoms with Crippen LogP contribution >= 0.6 is 0 Å². The van der Waals surface area contributed by atoms with Crippen LogP contribution < -0.4 is 5.32 Å². The van der Waals surface area contributed by atoms with Crippen molar-refractivity contribution in [1.29, 1.82) is 0 Å². The Morgan fingerprint density at radius 2 is 1.71 bits per heavy atom. The third-order valence-electron chi connectivity index (χ3n) is 4.78. The zero-order valence-electron chi connectivity index (χ0n) is 12.4. The van der Waals surface area contributed by atoms with Crippen molar-refractivity contribution in [2.24, 2.45) is 0 Å². The lowest BCUT2D eigenvalue weighted by Gasteiger charge is -2.23. The number of hydrogen-bond acceptors (Lipinski definition) is 1. The van der Waals surface area contributed by atoms with Crippen molar-refractivity contribution in [1.82, 2.24) is 10.2 Å². The van der Waals surface area contributed by atoms with Crippen LogP contribution in [-0.4, -0.2) is 30.6 Å². The molecule has 0 spiro atoms. The number of hydrogen-bond donors (Lipinski definition) is 1. The maximum atomic E-state index is 13.0. The fourth-order valence-electron chi connectivity index (χ4n) is 3.15. The Balaban J connectivity index is 1.56.